The Morgan fingerprint density at radius 2 is 1.75 bits per heavy atom. The lowest BCUT2D eigenvalue weighted by atomic mass is 10.1. The molecule has 8 nitrogen and oxygen atoms in total. The molecule has 0 saturated carbocycles. The number of guanidine groups is 1. The number of nitrogens with zero attached hydrogens (tertiary/aromatic N) is 5. The molecule has 2 fully saturated rings. The highest BCUT2D eigenvalue weighted by molar-refractivity contribution is 5.94. The Balaban J connectivity index is 1.45. The highest BCUT2D eigenvalue weighted by Crippen LogP contribution is 2.14. The molecular formula is C24H38N6O2. The summed E-state index contributed by atoms with van der Waals surface area (Å²) in [6.07, 6.45) is 3.07. The molecule has 1 aromatic rings. The number of hydrogen-bond donors (Lipinski definition) is 1. The van der Waals surface area contributed by atoms with E-state index in [-0.39, 0.29) is 17.9 Å². The molecule has 0 spiro atoms. The van der Waals surface area contributed by atoms with Crippen molar-refractivity contribution < 1.29 is 9.59 Å². The Kier molecular flexibility index (Phi) is 8.50. The van der Waals surface area contributed by atoms with Gasteiger partial charge in [-0.05, 0) is 43.9 Å². The number of nitrogens with one attached hydrogen (secondary N) is 1. The van der Waals surface area contributed by atoms with E-state index in [0.717, 1.165) is 76.6 Å². The molecule has 2 amide bonds. The Hall–Kier alpha value is -2.61. The first-order valence-electron chi connectivity index (χ1n) is 11.7. The van der Waals surface area contributed by atoms with Crippen LogP contribution in [-0.4, -0.2) is 110 Å². The Morgan fingerprint density at radius 3 is 2.38 bits per heavy atom. The standard InChI is InChI=1S/C24H38N6O2/c1-19(22(31)29-12-5-6-13-29)28-14-16-30(17-15-28)24(25-2)26-11-10-20-8-7-9-21(18-20)23(32)27(3)4/h7-9,18-19H,5-6,10-17H2,1-4H3,(H,25,26). The van der Waals surface area contributed by atoms with Crippen LogP contribution in [-0.2, 0) is 11.2 Å². The Labute approximate surface area is 192 Å². The molecule has 0 bridgehead atoms. The van der Waals surface area contributed by atoms with E-state index in [1.165, 1.54) is 0 Å². The van der Waals surface area contributed by atoms with Crippen LogP contribution in [0.3, 0.4) is 0 Å². The number of carbonyl (C=O) groups excluding carboxylic acids is 2. The molecule has 2 aliphatic heterocycles. The highest BCUT2D eigenvalue weighted by Gasteiger charge is 2.30. The average Bonchev–Trinajstić information content (AvgIpc) is 3.36. The molecule has 0 aliphatic carbocycles. The summed E-state index contributed by atoms with van der Waals surface area (Å²) in [6.45, 7) is 8.02. The van der Waals surface area contributed by atoms with E-state index in [9.17, 15) is 9.59 Å². The van der Waals surface area contributed by atoms with E-state index in [4.69, 9.17) is 0 Å². The number of aliphatic imine (C=N–C) groups is 1. The van der Waals surface area contributed by atoms with Gasteiger partial charge in [0.05, 0.1) is 6.04 Å². The molecule has 8 heteroatoms. The predicted molar refractivity (Wildman–Crippen MR) is 128 cm³/mol. The van der Waals surface area contributed by atoms with Crippen molar-refractivity contribution in [1.82, 2.24) is 24.9 Å². The second kappa shape index (κ2) is 11.3. The number of carbonyl (C=O) groups is 2. The van der Waals surface area contributed by atoms with Crippen LogP contribution in [0.5, 0.6) is 0 Å². The van der Waals surface area contributed by atoms with Gasteiger partial charge in [0.25, 0.3) is 5.91 Å². The second-order valence-corrected chi connectivity index (χ2v) is 8.86. The number of hydrogen-bond acceptors (Lipinski definition) is 4. The highest BCUT2D eigenvalue weighted by atomic mass is 16.2. The van der Waals surface area contributed by atoms with Gasteiger partial charge < -0.3 is 20.0 Å². The van der Waals surface area contributed by atoms with Gasteiger partial charge in [0.1, 0.15) is 0 Å². The summed E-state index contributed by atoms with van der Waals surface area (Å²) in [5, 5.41) is 3.46. The first kappa shape index (κ1) is 24.0. The van der Waals surface area contributed by atoms with Gasteiger partial charge in [0.2, 0.25) is 5.91 Å². The van der Waals surface area contributed by atoms with Crippen molar-refractivity contribution in [2.75, 3.05) is 67.0 Å². The molecule has 0 radical (unpaired) electrons. The van der Waals surface area contributed by atoms with E-state index in [1.807, 2.05) is 37.1 Å². The van der Waals surface area contributed by atoms with Crippen molar-refractivity contribution in [3.05, 3.63) is 35.4 Å². The number of likely N-dealkylation sites (tertiary alicyclic amines) is 1. The van der Waals surface area contributed by atoms with Crippen LogP contribution < -0.4 is 5.32 Å². The van der Waals surface area contributed by atoms with Gasteiger partial charge in [-0.1, -0.05) is 12.1 Å². The fraction of sp³-hybridized carbons (Fsp3) is 0.625. The monoisotopic (exact) mass is 442 g/mol. The van der Waals surface area contributed by atoms with Gasteiger partial charge >= 0.3 is 0 Å². The lowest BCUT2D eigenvalue weighted by Gasteiger charge is -2.39. The van der Waals surface area contributed by atoms with Gasteiger partial charge in [0, 0.05) is 72.5 Å². The van der Waals surface area contributed by atoms with Gasteiger partial charge in [-0.15, -0.1) is 0 Å². The molecule has 1 unspecified atom stereocenters. The molecule has 3 rings (SSSR count). The molecule has 1 atom stereocenters. The third-order valence-electron chi connectivity index (χ3n) is 6.43. The first-order valence-corrected chi connectivity index (χ1v) is 11.7. The van der Waals surface area contributed by atoms with E-state index < -0.39 is 0 Å². The van der Waals surface area contributed by atoms with Gasteiger partial charge in [-0.25, -0.2) is 0 Å². The van der Waals surface area contributed by atoms with Crippen molar-refractivity contribution in [2.45, 2.75) is 32.2 Å². The van der Waals surface area contributed by atoms with Gasteiger partial charge in [-0.2, -0.15) is 0 Å². The largest absolute Gasteiger partial charge is 0.356 e. The zero-order valence-corrected chi connectivity index (χ0v) is 20.0. The molecule has 2 heterocycles. The fourth-order valence-electron chi connectivity index (χ4n) is 4.45. The van der Waals surface area contributed by atoms with Crippen LogP contribution in [0.25, 0.3) is 0 Å². The van der Waals surface area contributed by atoms with Crippen LogP contribution in [0.15, 0.2) is 29.3 Å². The SMILES string of the molecule is CN=C(NCCc1cccc(C(=O)N(C)C)c1)N1CCN(C(C)C(=O)N2CCCC2)CC1. The molecule has 2 saturated heterocycles. The fourth-order valence-corrected chi connectivity index (χ4v) is 4.45. The van der Waals surface area contributed by atoms with Crippen LogP contribution in [0, 0.1) is 0 Å². The predicted octanol–water partition coefficient (Wildman–Crippen LogP) is 1.13. The molecule has 32 heavy (non-hydrogen) atoms. The maximum Gasteiger partial charge on any atom is 0.253 e. The zero-order valence-electron chi connectivity index (χ0n) is 20.0. The van der Waals surface area contributed by atoms with E-state index in [2.05, 4.69) is 26.2 Å². The zero-order chi connectivity index (χ0) is 23.1. The normalized spacial score (nSPS) is 18.6. The molecule has 1 N–H and O–H groups in total. The Morgan fingerprint density at radius 1 is 1.06 bits per heavy atom. The van der Waals surface area contributed by atoms with Crippen molar-refractivity contribution in [1.29, 1.82) is 0 Å². The van der Waals surface area contributed by atoms with Crippen LogP contribution in [0.1, 0.15) is 35.7 Å². The van der Waals surface area contributed by atoms with Gasteiger partial charge in [-0.3, -0.25) is 19.5 Å². The average molecular weight is 443 g/mol. The lowest BCUT2D eigenvalue weighted by Crippen LogP contribution is -2.57. The summed E-state index contributed by atoms with van der Waals surface area (Å²) in [7, 11) is 5.34. The number of rotatable bonds is 6. The third-order valence-corrected chi connectivity index (χ3v) is 6.43. The summed E-state index contributed by atoms with van der Waals surface area (Å²) in [5.41, 5.74) is 1.84. The minimum Gasteiger partial charge on any atom is -0.356 e. The number of benzene rings is 1. The van der Waals surface area contributed by atoms with Crippen molar-refractivity contribution in [3.8, 4) is 0 Å². The molecule has 176 valence electrons. The molecular weight excluding hydrogens is 404 g/mol. The van der Waals surface area contributed by atoms with E-state index in [1.54, 1.807) is 19.0 Å². The quantitative estimate of drug-likeness (QED) is 0.528. The van der Waals surface area contributed by atoms with Crippen molar-refractivity contribution in [2.24, 2.45) is 4.99 Å². The summed E-state index contributed by atoms with van der Waals surface area (Å²) in [4.78, 5) is 37.5. The molecule has 1 aromatic carbocycles. The van der Waals surface area contributed by atoms with E-state index >= 15 is 0 Å². The third kappa shape index (κ3) is 6.00. The molecule has 0 aromatic heterocycles. The van der Waals surface area contributed by atoms with Crippen molar-refractivity contribution >= 4 is 17.8 Å². The smallest absolute Gasteiger partial charge is 0.253 e. The maximum absolute atomic E-state index is 12.7. The van der Waals surface area contributed by atoms with Crippen molar-refractivity contribution in [3.63, 3.8) is 0 Å². The molecule has 2 aliphatic rings. The summed E-state index contributed by atoms with van der Waals surface area (Å²) in [6, 6.07) is 7.75. The minimum absolute atomic E-state index is 0.0194. The van der Waals surface area contributed by atoms with Crippen LogP contribution in [0.2, 0.25) is 0 Å². The summed E-state index contributed by atoms with van der Waals surface area (Å²) < 4.78 is 0. The number of amides is 2. The maximum atomic E-state index is 12.7. The second-order valence-electron chi connectivity index (χ2n) is 8.86. The minimum atomic E-state index is -0.0534. The number of piperazine rings is 1. The first-order chi connectivity index (χ1) is 15.4. The van der Waals surface area contributed by atoms with E-state index in [0.29, 0.717) is 5.56 Å². The topological polar surface area (TPSA) is 71.5 Å². The van der Waals surface area contributed by atoms with Crippen LogP contribution >= 0.6 is 0 Å². The van der Waals surface area contributed by atoms with Gasteiger partial charge in [0.15, 0.2) is 5.96 Å². The lowest BCUT2D eigenvalue weighted by molar-refractivity contribution is -0.135. The Bertz CT molecular complexity index is 810. The van der Waals surface area contributed by atoms with Crippen LogP contribution in [0.4, 0.5) is 0 Å². The summed E-state index contributed by atoms with van der Waals surface area (Å²) in [5.74, 6) is 1.18. The summed E-state index contributed by atoms with van der Waals surface area (Å²) >= 11 is 0.